The van der Waals surface area contributed by atoms with Crippen LogP contribution in [-0.4, -0.2) is 107 Å². The molecule has 6 amide bonds. The zero-order valence-electron chi connectivity index (χ0n) is 31.7. The number of hydrogen-bond donors (Lipinski definition) is 5. The summed E-state index contributed by atoms with van der Waals surface area (Å²) in [4.78, 5) is 84.9. The fourth-order valence-corrected chi connectivity index (χ4v) is 7.78. The zero-order chi connectivity index (χ0) is 39.2. The molecular formula is C40H57N7O6S. The minimum absolute atomic E-state index is 0.0559. The summed E-state index contributed by atoms with van der Waals surface area (Å²) in [6.45, 7) is 4.99. The minimum atomic E-state index is -1.03. The average molecular weight is 764 g/mol. The van der Waals surface area contributed by atoms with Gasteiger partial charge in [-0.1, -0.05) is 74.5 Å². The average Bonchev–Trinajstić information content (AvgIpc) is 3.71. The summed E-state index contributed by atoms with van der Waals surface area (Å²) < 4.78 is 0. The van der Waals surface area contributed by atoms with Gasteiger partial charge in [-0.2, -0.15) is 11.8 Å². The predicted octanol–water partition coefficient (Wildman–Crippen LogP) is 1.77. The van der Waals surface area contributed by atoms with Gasteiger partial charge >= 0.3 is 0 Å². The Morgan fingerprint density at radius 3 is 2.04 bits per heavy atom. The number of unbranched alkanes of at least 4 members (excludes halogenated alkanes) is 1. The van der Waals surface area contributed by atoms with E-state index in [0.29, 0.717) is 50.9 Å². The lowest BCUT2D eigenvalue weighted by atomic mass is 10.0. The van der Waals surface area contributed by atoms with Gasteiger partial charge in [-0.3, -0.25) is 28.8 Å². The molecule has 14 heteroatoms. The number of benzene rings is 2. The van der Waals surface area contributed by atoms with E-state index in [4.69, 9.17) is 11.5 Å². The number of likely N-dealkylation sites (tertiary alicyclic amines) is 2. The van der Waals surface area contributed by atoms with E-state index >= 15 is 0 Å². The van der Waals surface area contributed by atoms with Crippen LogP contribution in [0.3, 0.4) is 0 Å². The number of rotatable bonds is 21. The quantitative estimate of drug-likeness (QED) is 0.119. The summed E-state index contributed by atoms with van der Waals surface area (Å²) >= 11 is 1.54. The van der Waals surface area contributed by atoms with Gasteiger partial charge in [0.2, 0.25) is 35.4 Å². The second-order valence-electron chi connectivity index (χ2n) is 14.7. The highest BCUT2D eigenvalue weighted by Crippen LogP contribution is 2.35. The number of thioether (sulfide) groups is 1. The standard InChI is InChI=1S/C40H57N7O6S/c1-26(2)22-33(38(51)44-30(36(42)49)18-21-54-3)47-25-29-17-20-46(35(29)40(47)53)39(52)32(24-28-14-8-5-9-15-28)45-37(50)31(23-27-12-6-4-7-13-27)43-34(48)16-10-11-19-41/h4-9,12-15,26,29-33,35H,10-11,16-25,41H2,1-3H3,(H2,42,49)(H,43,48)(H,44,51)(H,45,50)/t29-,30-,31-,32-,33-,35-/m0/s1. The van der Waals surface area contributed by atoms with Crippen LogP contribution in [0.4, 0.5) is 0 Å². The molecule has 0 aromatic heterocycles. The summed E-state index contributed by atoms with van der Waals surface area (Å²) in [6.07, 6.45) is 5.06. The first kappa shape index (κ1) is 42.3. The van der Waals surface area contributed by atoms with E-state index < -0.39 is 53.8 Å². The van der Waals surface area contributed by atoms with Crippen LogP contribution in [0.1, 0.15) is 63.5 Å². The van der Waals surface area contributed by atoms with Crippen molar-refractivity contribution >= 4 is 47.2 Å². The van der Waals surface area contributed by atoms with Crippen LogP contribution in [0, 0.1) is 11.8 Å². The van der Waals surface area contributed by atoms with Crippen LogP contribution in [-0.2, 0) is 41.6 Å². The van der Waals surface area contributed by atoms with Crippen molar-refractivity contribution in [2.75, 3.05) is 31.6 Å². The Bertz CT molecular complexity index is 1580. The van der Waals surface area contributed by atoms with E-state index in [1.165, 1.54) is 11.8 Å². The van der Waals surface area contributed by atoms with Gasteiger partial charge in [0.25, 0.3) is 0 Å². The van der Waals surface area contributed by atoms with E-state index in [0.717, 1.165) is 11.1 Å². The number of nitrogens with two attached hydrogens (primary N) is 2. The van der Waals surface area contributed by atoms with Crippen LogP contribution in [0.5, 0.6) is 0 Å². The van der Waals surface area contributed by atoms with Gasteiger partial charge in [0.15, 0.2) is 0 Å². The molecule has 2 heterocycles. The molecule has 2 aromatic carbocycles. The van der Waals surface area contributed by atoms with Crippen LogP contribution >= 0.6 is 11.8 Å². The van der Waals surface area contributed by atoms with Gasteiger partial charge in [-0.15, -0.1) is 0 Å². The first-order valence-corrected chi connectivity index (χ1v) is 20.4. The normalized spacial score (nSPS) is 18.8. The molecule has 2 aliphatic rings. The molecule has 7 N–H and O–H groups in total. The van der Waals surface area contributed by atoms with Crippen molar-refractivity contribution < 1.29 is 28.8 Å². The smallest absolute Gasteiger partial charge is 0.246 e. The largest absolute Gasteiger partial charge is 0.368 e. The van der Waals surface area contributed by atoms with Gasteiger partial charge < -0.3 is 37.2 Å². The molecule has 0 unspecified atom stereocenters. The lowest BCUT2D eigenvalue weighted by molar-refractivity contribution is -0.146. The first-order valence-electron chi connectivity index (χ1n) is 19.0. The van der Waals surface area contributed by atoms with Crippen molar-refractivity contribution in [1.82, 2.24) is 25.8 Å². The SMILES string of the molecule is CSCC[C@H](NC(=O)[C@H](CC(C)C)N1C[C@@H]2CCN(C(=O)[C@H](Cc3ccccc3)NC(=O)[C@H](Cc3ccccc3)NC(=O)CCCCN)[C@@H]2C1=O)C(N)=O. The maximum atomic E-state index is 14.6. The Morgan fingerprint density at radius 1 is 0.852 bits per heavy atom. The van der Waals surface area contributed by atoms with Gasteiger partial charge in [0, 0.05) is 38.3 Å². The van der Waals surface area contributed by atoms with E-state index in [-0.39, 0.29) is 49.5 Å². The third-order valence-electron chi connectivity index (χ3n) is 10.1. The van der Waals surface area contributed by atoms with Gasteiger partial charge in [-0.25, -0.2) is 0 Å². The van der Waals surface area contributed by atoms with Crippen molar-refractivity contribution in [2.45, 2.75) is 95.4 Å². The van der Waals surface area contributed by atoms with Crippen molar-refractivity contribution in [3.05, 3.63) is 71.8 Å². The maximum absolute atomic E-state index is 14.6. The monoisotopic (exact) mass is 763 g/mol. The van der Waals surface area contributed by atoms with E-state index in [9.17, 15) is 28.8 Å². The highest BCUT2D eigenvalue weighted by atomic mass is 32.2. The molecule has 0 spiro atoms. The number of primary amides is 1. The molecule has 0 aliphatic carbocycles. The Morgan fingerprint density at radius 2 is 1.46 bits per heavy atom. The van der Waals surface area contributed by atoms with Crippen LogP contribution in [0.25, 0.3) is 0 Å². The molecule has 2 aliphatic heterocycles. The molecule has 54 heavy (non-hydrogen) atoms. The predicted molar refractivity (Wildman–Crippen MR) is 210 cm³/mol. The van der Waals surface area contributed by atoms with Crippen molar-refractivity contribution in [2.24, 2.45) is 23.3 Å². The zero-order valence-corrected chi connectivity index (χ0v) is 32.5. The topological polar surface area (TPSA) is 197 Å². The number of carbonyl (C=O) groups is 6. The molecule has 2 saturated heterocycles. The summed E-state index contributed by atoms with van der Waals surface area (Å²) in [5, 5.41) is 8.63. The fraction of sp³-hybridized carbons (Fsp3) is 0.550. The summed E-state index contributed by atoms with van der Waals surface area (Å²) in [5.41, 5.74) is 12.9. The Kier molecular flexibility index (Phi) is 16.4. The van der Waals surface area contributed by atoms with Crippen molar-refractivity contribution in [1.29, 1.82) is 0 Å². The number of amides is 6. The minimum Gasteiger partial charge on any atom is -0.368 e. The van der Waals surface area contributed by atoms with E-state index in [2.05, 4.69) is 16.0 Å². The molecule has 0 radical (unpaired) electrons. The molecule has 2 aromatic rings. The van der Waals surface area contributed by atoms with Crippen LogP contribution in [0.15, 0.2) is 60.7 Å². The maximum Gasteiger partial charge on any atom is 0.246 e. The third-order valence-corrected chi connectivity index (χ3v) is 10.8. The summed E-state index contributed by atoms with van der Waals surface area (Å²) in [7, 11) is 0. The molecule has 294 valence electrons. The van der Waals surface area contributed by atoms with E-state index in [1.807, 2.05) is 80.8 Å². The number of nitrogens with one attached hydrogen (secondary N) is 3. The molecule has 2 fully saturated rings. The molecule has 0 bridgehead atoms. The summed E-state index contributed by atoms with van der Waals surface area (Å²) in [6, 6.07) is 14.2. The Hall–Kier alpha value is -4.43. The van der Waals surface area contributed by atoms with Crippen molar-refractivity contribution in [3.63, 3.8) is 0 Å². The molecule has 6 atom stereocenters. The van der Waals surface area contributed by atoms with Gasteiger partial charge in [0.05, 0.1) is 0 Å². The van der Waals surface area contributed by atoms with Crippen molar-refractivity contribution in [3.8, 4) is 0 Å². The van der Waals surface area contributed by atoms with Crippen LogP contribution in [0.2, 0.25) is 0 Å². The lowest BCUT2D eigenvalue weighted by Crippen LogP contribution is -2.58. The third kappa shape index (κ3) is 11.8. The number of hydrogen-bond acceptors (Lipinski definition) is 8. The second-order valence-corrected chi connectivity index (χ2v) is 15.7. The van der Waals surface area contributed by atoms with Gasteiger partial charge in [0.1, 0.15) is 30.2 Å². The molecule has 13 nitrogen and oxygen atoms in total. The number of fused-ring (bicyclic) bond motifs is 1. The van der Waals surface area contributed by atoms with E-state index in [1.54, 1.807) is 9.80 Å². The molecule has 4 rings (SSSR count). The highest BCUT2D eigenvalue weighted by molar-refractivity contribution is 7.98. The highest BCUT2D eigenvalue weighted by Gasteiger charge is 2.53. The Labute approximate surface area is 323 Å². The Balaban J connectivity index is 1.57. The van der Waals surface area contributed by atoms with Gasteiger partial charge in [-0.05, 0) is 67.7 Å². The number of nitrogens with zero attached hydrogens (tertiary/aromatic N) is 2. The lowest BCUT2D eigenvalue weighted by Gasteiger charge is -2.32. The molecule has 0 saturated carbocycles. The molecular weight excluding hydrogens is 707 g/mol. The second kappa shape index (κ2) is 20.9. The first-order chi connectivity index (χ1) is 25.9. The fourth-order valence-electron chi connectivity index (χ4n) is 7.31. The van der Waals surface area contributed by atoms with Crippen LogP contribution < -0.4 is 27.4 Å². The number of carbonyl (C=O) groups excluding carboxylic acids is 6. The summed E-state index contributed by atoms with van der Waals surface area (Å²) in [5.74, 6) is -2.12.